The minimum Gasteiger partial charge on any atom is -0.378 e. The summed E-state index contributed by atoms with van der Waals surface area (Å²) in [7, 11) is 0. The van der Waals surface area contributed by atoms with Crippen LogP contribution in [0.2, 0.25) is 0 Å². The topological polar surface area (TPSA) is 94.5 Å². The van der Waals surface area contributed by atoms with E-state index in [1.165, 1.54) is 6.39 Å². The zero-order valence-electron chi connectivity index (χ0n) is 20.2. The Balaban J connectivity index is 0.000000348. The van der Waals surface area contributed by atoms with Crippen LogP contribution in [0.4, 0.5) is 10.2 Å². The Labute approximate surface area is 199 Å². The average molecular weight is 470 g/mol. The van der Waals surface area contributed by atoms with Crippen LogP contribution in [0, 0.1) is 6.92 Å². The van der Waals surface area contributed by atoms with Crippen molar-refractivity contribution in [2.45, 2.75) is 46.7 Å². The van der Waals surface area contributed by atoms with Crippen LogP contribution in [0.15, 0.2) is 47.7 Å². The molecule has 34 heavy (non-hydrogen) atoms. The van der Waals surface area contributed by atoms with Crippen LogP contribution in [-0.2, 0) is 4.74 Å². The number of morpholine rings is 1. The van der Waals surface area contributed by atoms with E-state index in [0.29, 0.717) is 36.8 Å². The highest BCUT2D eigenvalue weighted by Gasteiger charge is 2.16. The third-order valence-electron chi connectivity index (χ3n) is 5.11. The summed E-state index contributed by atoms with van der Waals surface area (Å²) in [5.74, 6) is 2.14. The Hall–Kier alpha value is -3.40. The quantitative estimate of drug-likeness (QED) is 0.410. The van der Waals surface area contributed by atoms with Crippen LogP contribution in [0.25, 0.3) is 17.2 Å². The smallest absolute Gasteiger partial charge is 0.213 e. The van der Waals surface area contributed by atoms with Gasteiger partial charge in [0, 0.05) is 31.0 Å². The predicted molar refractivity (Wildman–Crippen MR) is 128 cm³/mol. The summed E-state index contributed by atoms with van der Waals surface area (Å²) in [5, 5.41) is 3.43. The van der Waals surface area contributed by atoms with Crippen molar-refractivity contribution in [1.82, 2.24) is 29.5 Å². The van der Waals surface area contributed by atoms with Gasteiger partial charge in [-0.05, 0) is 25.5 Å². The summed E-state index contributed by atoms with van der Waals surface area (Å²) >= 11 is 0. The standard InChI is InChI=1S/C19H22FN5O.C3H4N2O.C2H6/c1-2-3-15(20)14-4-5-17-22-12-16(25(17)13-14)19-21-7-6-18(23-19)24-8-10-26-11-9-24;1-3-4-2-6-5-3;1-2/h4-7,12-13,15H,2-3,8-11H2,1H3;2H,1H3;1-2H3. The lowest BCUT2D eigenvalue weighted by Gasteiger charge is -2.27. The van der Waals surface area contributed by atoms with Crippen molar-refractivity contribution in [2.75, 3.05) is 31.2 Å². The van der Waals surface area contributed by atoms with Crippen LogP contribution in [-0.4, -0.2) is 55.8 Å². The molecule has 0 radical (unpaired) electrons. The molecule has 1 saturated heterocycles. The van der Waals surface area contributed by atoms with Crippen LogP contribution in [0.1, 0.15) is 51.2 Å². The molecule has 0 spiro atoms. The Morgan fingerprint density at radius 3 is 2.53 bits per heavy atom. The molecule has 0 saturated carbocycles. The third kappa shape index (κ3) is 6.34. The SMILES string of the molecule is CC.CCCC(F)c1ccc2ncc(-c3nccc(N4CCOCC4)n3)n2c1.Cc1ncon1. The minimum absolute atomic E-state index is 0.512. The molecule has 182 valence electrons. The number of nitrogens with zero attached hydrogens (tertiary/aromatic N) is 7. The molecule has 0 aromatic carbocycles. The number of rotatable bonds is 5. The van der Waals surface area contributed by atoms with Crippen molar-refractivity contribution in [1.29, 1.82) is 0 Å². The summed E-state index contributed by atoms with van der Waals surface area (Å²) in [5.41, 5.74) is 2.18. The Kier molecular flexibility index (Phi) is 9.45. The molecule has 0 aliphatic carbocycles. The zero-order valence-corrected chi connectivity index (χ0v) is 20.2. The van der Waals surface area contributed by atoms with Gasteiger partial charge in [-0.25, -0.2) is 19.3 Å². The lowest BCUT2D eigenvalue weighted by atomic mass is 10.1. The van der Waals surface area contributed by atoms with Gasteiger partial charge in [0.1, 0.15) is 23.3 Å². The molecular formula is C24H32FN7O2. The molecule has 0 N–H and O–H groups in total. The molecule has 5 rings (SSSR count). The molecule has 1 atom stereocenters. The third-order valence-corrected chi connectivity index (χ3v) is 5.11. The number of alkyl halides is 1. The van der Waals surface area contributed by atoms with Crippen molar-refractivity contribution in [3.05, 3.63) is 54.6 Å². The maximum atomic E-state index is 14.3. The number of imidazole rings is 1. The van der Waals surface area contributed by atoms with Crippen LogP contribution in [0.3, 0.4) is 0 Å². The Morgan fingerprint density at radius 2 is 1.88 bits per heavy atom. The first-order valence-electron chi connectivity index (χ1n) is 11.7. The Morgan fingerprint density at radius 1 is 1.09 bits per heavy atom. The lowest BCUT2D eigenvalue weighted by Crippen LogP contribution is -2.36. The number of aryl methyl sites for hydroxylation is 1. The van der Waals surface area contributed by atoms with Crippen molar-refractivity contribution in [2.24, 2.45) is 0 Å². The van der Waals surface area contributed by atoms with Gasteiger partial charge in [0.15, 0.2) is 11.6 Å². The van der Waals surface area contributed by atoms with E-state index >= 15 is 0 Å². The van der Waals surface area contributed by atoms with Gasteiger partial charge in [-0.3, -0.25) is 4.40 Å². The molecule has 0 bridgehead atoms. The summed E-state index contributed by atoms with van der Waals surface area (Å²) < 4.78 is 26.0. The summed E-state index contributed by atoms with van der Waals surface area (Å²) in [6.07, 6.45) is 6.95. The summed E-state index contributed by atoms with van der Waals surface area (Å²) in [6, 6.07) is 5.55. The Bertz CT molecular complexity index is 1130. The number of ether oxygens (including phenoxy) is 1. The molecule has 5 heterocycles. The molecule has 0 amide bonds. The van der Waals surface area contributed by atoms with E-state index in [-0.39, 0.29) is 0 Å². The fraction of sp³-hybridized carbons (Fsp3) is 0.458. The van der Waals surface area contributed by atoms with Gasteiger partial charge >= 0.3 is 0 Å². The van der Waals surface area contributed by atoms with Gasteiger partial charge in [0.25, 0.3) is 0 Å². The van der Waals surface area contributed by atoms with Gasteiger partial charge in [-0.2, -0.15) is 4.98 Å². The molecule has 4 aromatic rings. The van der Waals surface area contributed by atoms with Gasteiger partial charge in [-0.15, -0.1) is 0 Å². The molecule has 1 fully saturated rings. The highest BCUT2D eigenvalue weighted by molar-refractivity contribution is 5.59. The van der Waals surface area contributed by atoms with E-state index in [4.69, 9.17) is 9.72 Å². The number of aromatic nitrogens is 6. The average Bonchev–Trinajstić information content (AvgIpc) is 3.55. The summed E-state index contributed by atoms with van der Waals surface area (Å²) in [4.78, 5) is 19.4. The first-order chi connectivity index (χ1) is 16.7. The van der Waals surface area contributed by atoms with E-state index in [9.17, 15) is 4.39 Å². The molecule has 4 aromatic heterocycles. The van der Waals surface area contributed by atoms with Gasteiger partial charge in [0.05, 0.1) is 19.4 Å². The lowest BCUT2D eigenvalue weighted by molar-refractivity contribution is 0.122. The second-order valence-corrected chi connectivity index (χ2v) is 7.41. The number of hydrogen-bond donors (Lipinski definition) is 0. The van der Waals surface area contributed by atoms with Crippen molar-refractivity contribution >= 4 is 11.5 Å². The molecular weight excluding hydrogens is 437 g/mol. The fourth-order valence-electron chi connectivity index (χ4n) is 3.43. The number of pyridine rings is 1. The van der Waals surface area contributed by atoms with Gasteiger partial charge < -0.3 is 14.2 Å². The van der Waals surface area contributed by atoms with E-state index in [1.807, 2.05) is 43.5 Å². The van der Waals surface area contributed by atoms with E-state index in [2.05, 4.69) is 29.5 Å². The maximum Gasteiger partial charge on any atom is 0.213 e. The molecule has 10 heteroatoms. The first kappa shape index (κ1) is 25.2. The fourth-order valence-corrected chi connectivity index (χ4v) is 3.43. The second kappa shape index (κ2) is 12.7. The van der Waals surface area contributed by atoms with E-state index in [0.717, 1.165) is 36.7 Å². The summed E-state index contributed by atoms with van der Waals surface area (Å²) in [6.45, 7) is 10.8. The molecule has 1 aliphatic rings. The monoisotopic (exact) mass is 469 g/mol. The number of anilines is 1. The van der Waals surface area contributed by atoms with Crippen LogP contribution in [0.5, 0.6) is 0 Å². The highest BCUT2D eigenvalue weighted by Crippen LogP contribution is 2.26. The van der Waals surface area contributed by atoms with Crippen LogP contribution >= 0.6 is 0 Å². The van der Waals surface area contributed by atoms with Crippen molar-refractivity contribution < 1.29 is 13.7 Å². The van der Waals surface area contributed by atoms with Crippen molar-refractivity contribution in [3.63, 3.8) is 0 Å². The number of hydrogen-bond acceptors (Lipinski definition) is 8. The van der Waals surface area contributed by atoms with Crippen LogP contribution < -0.4 is 4.90 Å². The van der Waals surface area contributed by atoms with Crippen molar-refractivity contribution in [3.8, 4) is 11.5 Å². The first-order valence-corrected chi connectivity index (χ1v) is 11.7. The van der Waals surface area contributed by atoms with E-state index in [1.54, 1.807) is 25.4 Å². The molecule has 1 unspecified atom stereocenters. The van der Waals surface area contributed by atoms with Gasteiger partial charge in [0.2, 0.25) is 6.39 Å². The second-order valence-electron chi connectivity index (χ2n) is 7.41. The number of fused-ring (bicyclic) bond motifs is 1. The predicted octanol–water partition coefficient (Wildman–Crippen LogP) is 4.84. The normalized spacial score (nSPS) is 14.1. The largest absolute Gasteiger partial charge is 0.378 e. The molecule has 1 aliphatic heterocycles. The van der Waals surface area contributed by atoms with E-state index < -0.39 is 6.17 Å². The van der Waals surface area contributed by atoms with Gasteiger partial charge in [-0.1, -0.05) is 38.4 Å². The number of halogens is 1. The zero-order chi connectivity index (χ0) is 24.3. The highest BCUT2D eigenvalue weighted by atomic mass is 19.1. The maximum absolute atomic E-state index is 14.3. The minimum atomic E-state index is -0.972. The molecule has 9 nitrogen and oxygen atoms in total.